The van der Waals surface area contributed by atoms with E-state index in [4.69, 9.17) is 0 Å². The van der Waals surface area contributed by atoms with Crippen molar-refractivity contribution in [3.8, 4) is 0 Å². The first kappa shape index (κ1) is 16.5. The zero-order valence-corrected chi connectivity index (χ0v) is 14.6. The van der Waals surface area contributed by atoms with Crippen molar-refractivity contribution in [2.24, 2.45) is 0 Å². The number of hydrogen-bond acceptors (Lipinski definition) is 4. The van der Waals surface area contributed by atoms with Crippen LogP contribution in [0.3, 0.4) is 0 Å². The van der Waals surface area contributed by atoms with Gasteiger partial charge in [0.15, 0.2) is 0 Å². The minimum absolute atomic E-state index is 0.0879. The standard InChI is InChI=1S/C18H20N4OS/c1-13(2)24-18-15(6-5-9-20-18)17(23)19-10-8-14-12-22-11-4-3-7-16(22)21-14/h3-7,9,11-13H,8,10H2,1-2H3,(H,19,23). The summed E-state index contributed by atoms with van der Waals surface area (Å²) < 4.78 is 1.98. The summed E-state index contributed by atoms with van der Waals surface area (Å²) in [6.45, 7) is 4.72. The van der Waals surface area contributed by atoms with E-state index in [1.54, 1.807) is 24.0 Å². The number of pyridine rings is 2. The lowest BCUT2D eigenvalue weighted by molar-refractivity contribution is 0.0950. The van der Waals surface area contributed by atoms with E-state index in [0.29, 0.717) is 23.8 Å². The lowest BCUT2D eigenvalue weighted by Crippen LogP contribution is -2.26. The van der Waals surface area contributed by atoms with Crippen LogP contribution in [0.5, 0.6) is 0 Å². The first-order chi connectivity index (χ1) is 11.6. The lowest BCUT2D eigenvalue weighted by Gasteiger charge is -2.10. The fourth-order valence-corrected chi connectivity index (χ4v) is 3.24. The van der Waals surface area contributed by atoms with Crippen LogP contribution >= 0.6 is 11.8 Å². The van der Waals surface area contributed by atoms with Gasteiger partial charge in [0.1, 0.15) is 10.7 Å². The lowest BCUT2D eigenvalue weighted by atomic mass is 10.2. The molecule has 3 aromatic rings. The molecule has 1 amide bonds. The van der Waals surface area contributed by atoms with E-state index in [2.05, 4.69) is 29.1 Å². The molecule has 0 aliphatic rings. The van der Waals surface area contributed by atoms with Gasteiger partial charge in [-0.05, 0) is 24.3 Å². The molecular weight excluding hydrogens is 320 g/mol. The van der Waals surface area contributed by atoms with Crippen molar-refractivity contribution in [3.63, 3.8) is 0 Å². The molecule has 1 N–H and O–H groups in total. The number of carbonyl (C=O) groups is 1. The summed E-state index contributed by atoms with van der Waals surface area (Å²) >= 11 is 1.60. The summed E-state index contributed by atoms with van der Waals surface area (Å²) in [5.41, 5.74) is 2.51. The summed E-state index contributed by atoms with van der Waals surface area (Å²) in [4.78, 5) is 21.3. The van der Waals surface area contributed by atoms with Gasteiger partial charge < -0.3 is 9.72 Å². The molecule has 6 heteroatoms. The number of carbonyl (C=O) groups excluding carboxylic acids is 1. The Bertz CT molecular complexity index is 811. The van der Waals surface area contributed by atoms with E-state index >= 15 is 0 Å². The summed E-state index contributed by atoms with van der Waals surface area (Å²) in [6, 6.07) is 9.51. The predicted octanol–water partition coefficient (Wildman–Crippen LogP) is 3.20. The predicted molar refractivity (Wildman–Crippen MR) is 96.5 cm³/mol. The molecule has 3 aromatic heterocycles. The van der Waals surface area contributed by atoms with Crippen LogP contribution in [0.15, 0.2) is 53.9 Å². The second kappa shape index (κ2) is 7.49. The quantitative estimate of drug-likeness (QED) is 0.700. The molecule has 0 saturated heterocycles. The van der Waals surface area contributed by atoms with Crippen LogP contribution in [0.25, 0.3) is 5.65 Å². The van der Waals surface area contributed by atoms with E-state index in [0.717, 1.165) is 16.4 Å². The van der Waals surface area contributed by atoms with Gasteiger partial charge in [-0.1, -0.05) is 19.9 Å². The van der Waals surface area contributed by atoms with Crippen molar-refractivity contribution in [2.75, 3.05) is 6.54 Å². The zero-order valence-electron chi connectivity index (χ0n) is 13.8. The van der Waals surface area contributed by atoms with Gasteiger partial charge in [-0.15, -0.1) is 11.8 Å². The van der Waals surface area contributed by atoms with Crippen molar-refractivity contribution in [3.05, 3.63) is 60.2 Å². The van der Waals surface area contributed by atoms with Crippen LogP contribution in [-0.2, 0) is 6.42 Å². The van der Waals surface area contributed by atoms with E-state index in [1.807, 2.05) is 41.1 Å². The second-order valence-electron chi connectivity index (χ2n) is 5.73. The molecule has 0 saturated carbocycles. The van der Waals surface area contributed by atoms with Crippen LogP contribution in [0.4, 0.5) is 0 Å². The fraction of sp³-hybridized carbons (Fsp3) is 0.278. The van der Waals surface area contributed by atoms with Gasteiger partial charge in [-0.3, -0.25) is 4.79 Å². The highest BCUT2D eigenvalue weighted by Crippen LogP contribution is 2.24. The maximum atomic E-state index is 12.4. The second-order valence-corrected chi connectivity index (χ2v) is 7.29. The number of aromatic nitrogens is 3. The van der Waals surface area contributed by atoms with E-state index in [1.165, 1.54) is 0 Å². The van der Waals surface area contributed by atoms with Gasteiger partial charge in [0.05, 0.1) is 11.3 Å². The molecule has 5 nitrogen and oxygen atoms in total. The summed E-state index contributed by atoms with van der Waals surface area (Å²) in [5.74, 6) is -0.0879. The van der Waals surface area contributed by atoms with Gasteiger partial charge in [0.2, 0.25) is 0 Å². The molecule has 3 rings (SSSR count). The summed E-state index contributed by atoms with van der Waals surface area (Å²) in [7, 11) is 0. The molecule has 0 unspecified atom stereocenters. The SMILES string of the molecule is CC(C)Sc1ncccc1C(=O)NCCc1cn2ccccc2n1. The molecule has 0 atom stereocenters. The van der Waals surface area contributed by atoms with Crippen molar-refractivity contribution in [1.82, 2.24) is 19.7 Å². The number of amides is 1. The van der Waals surface area contributed by atoms with E-state index in [-0.39, 0.29) is 5.91 Å². The molecule has 0 fully saturated rings. The largest absolute Gasteiger partial charge is 0.352 e. The average Bonchev–Trinajstić information content (AvgIpc) is 2.97. The van der Waals surface area contributed by atoms with Crippen LogP contribution < -0.4 is 5.32 Å². The highest BCUT2D eigenvalue weighted by atomic mass is 32.2. The topological polar surface area (TPSA) is 59.3 Å². The van der Waals surface area contributed by atoms with Crippen LogP contribution in [0.2, 0.25) is 0 Å². The Hall–Kier alpha value is -2.34. The Morgan fingerprint density at radius 3 is 2.96 bits per heavy atom. The van der Waals surface area contributed by atoms with E-state index in [9.17, 15) is 4.79 Å². The van der Waals surface area contributed by atoms with Crippen molar-refractivity contribution in [2.45, 2.75) is 30.5 Å². The number of nitrogens with zero attached hydrogens (tertiary/aromatic N) is 3. The van der Waals surface area contributed by atoms with Gasteiger partial charge in [-0.2, -0.15) is 0 Å². The van der Waals surface area contributed by atoms with Crippen LogP contribution in [0.1, 0.15) is 29.9 Å². The van der Waals surface area contributed by atoms with Crippen molar-refractivity contribution < 1.29 is 4.79 Å². The minimum atomic E-state index is -0.0879. The summed E-state index contributed by atoms with van der Waals surface area (Å²) in [5, 5.41) is 4.12. The first-order valence-electron chi connectivity index (χ1n) is 7.96. The Morgan fingerprint density at radius 2 is 2.17 bits per heavy atom. The number of thioether (sulfide) groups is 1. The zero-order chi connectivity index (χ0) is 16.9. The molecule has 3 heterocycles. The molecule has 0 aliphatic carbocycles. The Labute approximate surface area is 145 Å². The molecule has 0 bridgehead atoms. The molecular formula is C18H20N4OS. The Balaban J connectivity index is 1.61. The summed E-state index contributed by atoms with van der Waals surface area (Å²) in [6.07, 6.45) is 6.37. The van der Waals surface area contributed by atoms with Crippen molar-refractivity contribution in [1.29, 1.82) is 0 Å². The minimum Gasteiger partial charge on any atom is -0.352 e. The number of fused-ring (bicyclic) bond motifs is 1. The fourth-order valence-electron chi connectivity index (χ4n) is 2.39. The van der Waals surface area contributed by atoms with Gasteiger partial charge >= 0.3 is 0 Å². The Morgan fingerprint density at radius 1 is 1.29 bits per heavy atom. The highest BCUT2D eigenvalue weighted by Gasteiger charge is 2.13. The third-order valence-corrected chi connectivity index (χ3v) is 4.46. The van der Waals surface area contributed by atoms with Crippen LogP contribution in [0, 0.1) is 0 Å². The molecule has 0 aliphatic heterocycles. The first-order valence-corrected chi connectivity index (χ1v) is 8.84. The average molecular weight is 340 g/mol. The van der Waals surface area contributed by atoms with Crippen LogP contribution in [-0.4, -0.2) is 32.1 Å². The Kier molecular flexibility index (Phi) is 5.15. The molecule has 0 aromatic carbocycles. The maximum absolute atomic E-state index is 12.4. The number of nitrogens with one attached hydrogen (secondary N) is 1. The number of hydrogen-bond donors (Lipinski definition) is 1. The number of rotatable bonds is 6. The molecule has 0 radical (unpaired) electrons. The monoisotopic (exact) mass is 340 g/mol. The third-order valence-electron chi connectivity index (χ3n) is 3.44. The van der Waals surface area contributed by atoms with Gasteiger partial charge in [0.25, 0.3) is 5.91 Å². The normalized spacial score (nSPS) is 11.1. The molecule has 24 heavy (non-hydrogen) atoms. The third kappa shape index (κ3) is 3.94. The maximum Gasteiger partial charge on any atom is 0.254 e. The molecule has 124 valence electrons. The smallest absolute Gasteiger partial charge is 0.254 e. The highest BCUT2D eigenvalue weighted by molar-refractivity contribution is 7.99. The van der Waals surface area contributed by atoms with E-state index < -0.39 is 0 Å². The van der Waals surface area contributed by atoms with Gasteiger partial charge in [-0.25, -0.2) is 9.97 Å². The number of imidazole rings is 1. The van der Waals surface area contributed by atoms with Crippen molar-refractivity contribution >= 4 is 23.3 Å². The molecule has 0 spiro atoms. The van der Waals surface area contributed by atoms with Gasteiger partial charge in [0, 0.05) is 36.8 Å².